The van der Waals surface area contributed by atoms with Crippen LogP contribution in [0.25, 0.3) is 0 Å². The molecule has 1 saturated heterocycles. The third-order valence-electron chi connectivity index (χ3n) is 7.00. The molecule has 0 aromatic carbocycles. The molecule has 26 heavy (non-hydrogen) atoms. The van der Waals surface area contributed by atoms with E-state index in [-0.39, 0.29) is 5.54 Å². The molecule has 2 unspecified atom stereocenters. The van der Waals surface area contributed by atoms with Crippen molar-refractivity contribution in [3.63, 3.8) is 0 Å². The zero-order valence-corrected chi connectivity index (χ0v) is 17.1. The van der Waals surface area contributed by atoms with Crippen molar-refractivity contribution in [3.8, 4) is 0 Å². The number of nitrogens with one attached hydrogen (secondary N) is 2. The van der Waals surface area contributed by atoms with E-state index < -0.39 is 0 Å². The van der Waals surface area contributed by atoms with E-state index in [0.717, 1.165) is 58.1 Å². The van der Waals surface area contributed by atoms with Gasteiger partial charge in [-0.15, -0.1) is 0 Å². The van der Waals surface area contributed by atoms with Gasteiger partial charge >= 0.3 is 0 Å². The van der Waals surface area contributed by atoms with Crippen molar-refractivity contribution < 1.29 is 9.47 Å². The van der Waals surface area contributed by atoms with Gasteiger partial charge in [-0.25, -0.2) is 0 Å². The van der Waals surface area contributed by atoms with Gasteiger partial charge in [-0.2, -0.15) is 0 Å². The molecule has 6 heteroatoms. The first-order valence-corrected chi connectivity index (χ1v) is 10.5. The van der Waals surface area contributed by atoms with Crippen LogP contribution in [0, 0.1) is 5.41 Å². The molecule has 3 rings (SSSR count). The highest BCUT2D eigenvalue weighted by atomic mass is 16.5. The van der Waals surface area contributed by atoms with Crippen molar-refractivity contribution in [2.24, 2.45) is 10.4 Å². The maximum atomic E-state index is 5.99. The topological polar surface area (TPSA) is 58.1 Å². The van der Waals surface area contributed by atoms with Crippen LogP contribution in [-0.2, 0) is 9.47 Å². The lowest BCUT2D eigenvalue weighted by Gasteiger charge is -2.61. The Morgan fingerprint density at radius 2 is 1.92 bits per heavy atom. The minimum absolute atomic E-state index is 0.113. The van der Waals surface area contributed by atoms with Crippen LogP contribution < -0.4 is 10.6 Å². The second-order valence-corrected chi connectivity index (χ2v) is 8.39. The molecule has 1 aliphatic heterocycles. The Kier molecular flexibility index (Phi) is 6.46. The minimum atomic E-state index is 0.113. The fourth-order valence-corrected chi connectivity index (χ4v) is 4.85. The van der Waals surface area contributed by atoms with Crippen molar-refractivity contribution in [1.82, 2.24) is 15.5 Å². The summed E-state index contributed by atoms with van der Waals surface area (Å²) in [5.74, 6) is 0.964. The number of guanidine groups is 1. The summed E-state index contributed by atoms with van der Waals surface area (Å²) < 4.78 is 11.6. The zero-order chi connectivity index (χ0) is 18.6. The van der Waals surface area contributed by atoms with Crippen LogP contribution in [0.5, 0.6) is 0 Å². The van der Waals surface area contributed by atoms with E-state index in [1.54, 1.807) is 0 Å². The molecule has 0 radical (unpaired) electrons. The van der Waals surface area contributed by atoms with Gasteiger partial charge in [-0.3, -0.25) is 4.99 Å². The molecular formula is C20H38N4O2. The molecule has 0 aromatic heterocycles. The predicted octanol–water partition coefficient (Wildman–Crippen LogP) is 2.00. The largest absolute Gasteiger partial charge is 0.381 e. The Balaban J connectivity index is 1.64. The van der Waals surface area contributed by atoms with Crippen LogP contribution in [0.1, 0.15) is 52.4 Å². The van der Waals surface area contributed by atoms with E-state index in [1.165, 1.54) is 19.3 Å². The van der Waals surface area contributed by atoms with Crippen LogP contribution in [0.4, 0.5) is 0 Å². The van der Waals surface area contributed by atoms with E-state index in [2.05, 4.69) is 43.5 Å². The number of aliphatic imine (C=N–C) groups is 1. The Hall–Kier alpha value is -0.850. The van der Waals surface area contributed by atoms with Crippen LogP contribution >= 0.6 is 0 Å². The number of rotatable bonds is 7. The van der Waals surface area contributed by atoms with Gasteiger partial charge in [0.25, 0.3) is 0 Å². The van der Waals surface area contributed by atoms with Crippen molar-refractivity contribution in [2.45, 2.75) is 70.1 Å². The highest BCUT2D eigenvalue weighted by Crippen LogP contribution is 2.57. The second kappa shape index (κ2) is 8.44. The standard InChI is InChI=1S/C20H38N4O2/c1-5-21-18(22-15-19(24(3)4)10-12-25-13-11-19)23-16-14-17(26-6-2)20(16)8-7-9-20/h16-17H,5-15H2,1-4H3,(H2,21,22,23). The van der Waals surface area contributed by atoms with Gasteiger partial charge in [-0.1, -0.05) is 6.42 Å². The molecule has 3 aliphatic rings. The molecule has 0 aromatic rings. The molecular weight excluding hydrogens is 328 g/mol. The highest BCUT2D eigenvalue weighted by molar-refractivity contribution is 5.80. The average molecular weight is 367 g/mol. The Morgan fingerprint density at radius 1 is 1.19 bits per heavy atom. The molecule has 2 N–H and O–H groups in total. The normalized spacial score (nSPS) is 30.0. The zero-order valence-electron chi connectivity index (χ0n) is 17.1. The van der Waals surface area contributed by atoms with E-state index >= 15 is 0 Å². The Labute approximate surface area is 159 Å². The summed E-state index contributed by atoms with van der Waals surface area (Å²) in [5.41, 5.74) is 0.465. The second-order valence-electron chi connectivity index (χ2n) is 8.39. The van der Waals surface area contributed by atoms with Crippen molar-refractivity contribution >= 4 is 5.96 Å². The van der Waals surface area contributed by atoms with Crippen LogP contribution in [0.2, 0.25) is 0 Å². The predicted molar refractivity (Wildman–Crippen MR) is 106 cm³/mol. The van der Waals surface area contributed by atoms with Crippen molar-refractivity contribution in [2.75, 3.05) is 47.0 Å². The van der Waals surface area contributed by atoms with Crippen molar-refractivity contribution in [3.05, 3.63) is 0 Å². The average Bonchev–Trinajstić information content (AvgIpc) is 2.58. The summed E-state index contributed by atoms with van der Waals surface area (Å²) in [5, 5.41) is 7.20. The molecule has 2 atom stereocenters. The minimum Gasteiger partial charge on any atom is -0.381 e. The van der Waals surface area contributed by atoms with Crippen LogP contribution in [-0.4, -0.2) is 75.5 Å². The number of likely N-dealkylation sites (N-methyl/N-ethyl adjacent to an activating group) is 1. The van der Waals surface area contributed by atoms with E-state index in [1.807, 2.05) is 0 Å². The lowest BCUT2D eigenvalue weighted by atomic mass is 9.51. The van der Waals surface area contributed by atoms with Gasteiger partial charge < -0.3 is 25.0 Å². The SMILES string of the molecule is CCNC(=NCC1(N(C)C)CCOCC1)NC1CC(OCC)C12CCC2. The molecule has 150 valence electrons. The highest BCUT2D eigenvalue weighted by Gasteiger charge is 2.59. The first-order chi connectivity index (χ1) is 12.6. The molecule has 1 spiro atoms. The van der Waals surface area contributed by atoms with Crippen LogP contribution in [0.15, 0.2) is 4.99 Å². The number of hydrogen-bond donors (Lipinski definition) is 2. The first kappa shape index (κ1) is 19.9. The number of nitrogens with zero attached hydrogens (tertiary/aromatic N) is 2. The quantitative estimate of drug-likeness (QED) is 0.533. The summed E-state index contributed by atoms with van der Waals surface area (Å²) in [4.78, 5) is 7.34. The summed E-state index contributed by atoms with van der Waals surface area (Å²) >= 11 is 0. The fourth-order valence-electron chi connectivity index (χ4n) is 4.85. The van der Waals surface area contributed by atoms with Gasteiger partial charge in [0.2, 0.25) is 0 Å². The summed E-state index contributed by atoms with van der Waals surface area (Å²) in [6.45, 7) is 8.43. The summed E-state index contributed by atoms with van der Waals surface area (Å²) in [7, 11) is 4.34. The molecule has 2 aliphatic carbocycles. The monoisotopic (exact) mass is 366 g/mol. The van der Waals surface area contributed by atoms with E-state index in [4.69, 9.17) is 14.5 Å². The number of hydrogen-bond acceptors (Lipinski definition) is 4. The van der Waals surface area contributed by atoms with Gasteiger partial charge in [0.15, 0.2) is 5.96 Å². The number of ether oxygens (including phenoxy) is 2. The lowest BCUT2D eigenvalue weighted by Crippen LogP contribution is -2.68. The van der Waals surface area contributed by atoms with Gasteiger partial charge in [0.1, 0.15) is 0 Å². The summed E-state index contributed by atoms with van der Waals surface area (Å²) in [6, 6.07) is 0.496. The lowest BCUT2D eigenvalue weighted by molar-refractivity contribution is -0.168. The van der Waals surface area contributed by atoms with Crippen LogP contribution in [0.3, 0.4) is 0 Å². The smallest absolute Gasteiger partial charge is 0.191 e. The molecule has 0 bridgehead atoms. The van der Waals surface area contributed by atoms with E-state index in [0.29, 0.717) is 17.6 Å². The van der Waals surface area contributed by atoms with Gasteiger partial charge in [0, 0.05) is 43.4 Å². The fraction of sp³-hybridized carbons (Fsp3) is 0.950. The maximum absolute atomic E-state index is 5.99. The third kappa shape index (κ3) is 3.73. The third-order valence-corrected chi connectivity index (χ3v) is 7.00. The molecule has 1 heterocycles. The Bertz CT molecular complexity index is 484. The molecule has 2 saturated carbocycles. The Morgan fingerprint density at radius 3 is 2.46 bits per heavy atom. The summed E-state index contributed by atoms with van der Waals surface area (Å²) in [6.07, 6.45) is 7.53. The van der Waals surface area contributed by atoms with Gasteiger partial charge in [-0.05, 0) is 60.0 Å². The maximum Gasteiger partial charge on any atom is 0.191 e. The molecule has 6 nitrogen and oxygen atoms in total. The van der Waals surface area contributed by atoms with Gasteiger partial charge in [0.05, 0.1) is 12.6 Å². The van der Waals surface area contributed by atoms with Crippen molar-refractivity contribution in [1.29, 1.82) is 0 Å². The van der Waals surface area contributed by atoms with E-state index in [9.17, 15) is 0 Å². The molecule has 0 amide bonds. The molecule has 3 fully saturated rings. The first-order valence-electron chi connectivity index (χ1n) is 10.5.